The van der Waals surface area contributed by atoms with E-state index < -0.39 is 17.8 Å². The van der Waals surface area contributed by atoms with Gasteiger partial charge in [-0.05, 0) is 56.4 Å². The van der Waals surface area contributed by atoms with Crippen molar-refractivity contribution in [3.05, 3.63) is 44.9 Å². The molecule has 3 atom stereocenters. The van der Waals surface area contributed by atoms with Gasteiger partial charge in [0.25, 0.3) is 0 Å². The van der Waals surface area contributed by atoms with E-state index >= 15 is 0 Å². The molecular weight excluding hydrogens is 414 g/mol. The lowest BCUT2D eigenvalue weighted by molar-refractivity contribution is -0.151. The van der Waals surface area contributed by atoms with Gasteiger partial charge in [0.2, 0.25) is 0 Å². The molecule has 0 aromatic carbocycles. The number of methoxy groups -OCH3 is 1. The molecule has 1 aromatic rings. The molecule has 0 unspecified atom stereocenters. The number of nitrogens with one attached hydrogen (secondary N) is 1. The Hall–Kier alpha value is -2.41. The molecule has 7 heteroatoms. The molecule has 2 heterocycles. The van der Waals surface area contributed by atoms with Crippen LogP contribution in [0.15, 0.2) is 40.1 Å². The van der Waals surface area contributed by atoms with Gasteiger partial charge in [-0.3, -0.25) is 9.59 Å². The summed E-state index contributed by atoms with van der Waals surface area (Å²) in [5.74, 6) is -2.73. The number of hydrogen-bond acceptors (Lipinski definition) is 7. The number of carbonyl (C=O) groups is 3. The monoisotopic (exact) mass is 443 g/mol. The van der Waals surface area contributed by atoms with Crippen molar-refractivity contribution in [2.24, 2.45) is 11.8 Å². The van der Waals surface area contributed by atoms with Gasteiger partial charge in [0, 0.05) is 21.8 Å². The minimum atomic E-state index is -0.859. The standard InChI is InChI=1S/C24H29NO5S/c1-13-12-16-20(22(26)18(13)23(27)29-3)21(17-10-7-11-31-17)19(14(2)25-16)24(28)30-15-8-5-4-6-9-15/h7,10-11,13,15,18,21,25H,4-6,8-9,12H2,1-3H3/t13-,18-,21+/m0/s1. The molecule has 4 rings (SSSR count). The number of esters is 2. The first-order chi connectivity index (χ1) is 14.9. The van der Waals surface area contributed by atoms with Crippen molar-refractivity contribution in [3.63, 3.8) is 0 Å². The molecule has 1 fully saturated rings. The van der Waals surface area contributed by atoms with Gasteiger partial charge in [-0.15, -0.1) is 11.3 Å². The van der Waals surface area contributed by atoms with E-state index in [0.717, 1.165) is 42.0 Å². The second-order valence-electron chi connectivity index (χ2n) is 8.72. The van der Waals surface area contributed by atoms with Crippen LogP contribution in [0.3, 0.4) is 0 Å². The molecule has 1 aliphatic heterocycles. The first kappa shape index (κ1) is 21.8. The van der Waals surface area contributed by atoms with Crippen molar-refractivity contribution in [3.8, 4) is 0 Å². The third-order valence-corrected chi connectivity index (χ3v) is 7.55. The normalized spacial score (nSPS) is 26.9. The molecule has 166 valence electrons. The Morgan fingerprint density at radius 2 is 1.94 bits per heavy atom. The second-order valence-corrected chi connectivity index (χ2v) is 9.70. The Morgan fingerprint density at radius 1 is 1.19 bits per heavy atom. The summed E-state index contributed by atoms with van der Waals surface area (Å²) < 4.78 is 10.8. The van der Waals surface area contributed by atoms with Crippen molar-refractivity contribution >= 4 is 29.1 Å². The molecule has 0 amide bonds. The molecule has 6 nitrogen and oxygen atoms in total. The summed E-state index contributed by atoms with van der Waals surface area (Å²) in [6, 6.07) is 3.85. The molecule has 0 bridgehead atoms. The second kappa shape index (κ2) is 8.99. The fourth-order valence-electron chi connectivity index (χ4n) is 5.09. The first-order valence-electron chi connectivity index (χ1n) is 11.0. The number of carbonyl (C=O) groups excluding carboxylic acids is 3. The van der Waals surface area contributed by atoms with E-state index in [1.54, 1.807) is 0 Å². The van der Waals surface area contributed by atoms with Crippen LogP contribution >= 0.6 is 11.3 Å². The van der Waals surface area contributed by atoms with Crippen LogP contribution in [0.2, 0.25) is 0 Å². The topological polar surface area (TPSA) is 81.7 Å². The van der Waals surface area contributed by atoms with Crippen molar-refractivity contribution < 1.29 is 23.9 Å². The predicted octanol–water partition coefficient (Wildman–Crippen LogP) is 4.24. The summed E-state index contributed by atoms with van der Waals surface area (Å²) in [5, 5.41) is 5.24. The number of dihydropyridines is 1. The van der Waals surface area contributed by atoms with Gasteiger partial charge in [0.1, 0.15) is 12.0 Å². The average Bonchev–Trinajstić information content (AvgIpc) is 3.27. The molecular formula is C24H29NO5S. The molecule has 1 aromatic heterocycles. The highest BCUT2D eigenvalue weighted by Gasteiger charge is 2.47. The molecule has 31 heavy (non-hydrogen) atoms. The Bertz CT molecular complexity index is 939. The van der Waals surface area contributed by atoms with Crippen LogP contribution in [0.5, 0.6) is 0 Å². The lowest BCUT2D eigenvalue weighted by Gasteiger charge is -2.38. The van der Waals surface area contributed by atoms with Crippen molar-refractivity contribution in [2.45, 2.75) is 64.4 Å². The molecule has 2 aliphatic carbocycles. The lowest BCUT2D eigenvalue weighted by atomic mass is 9.70. The third kappa shape index (κ3) is 4.07. The van der Waals surface area contributed by atoms with Crippen molar-refractivity contribution in [1.82, 2.24) is 5.32 Å². The number of allylic oxidation sites excluding steroid dienone is 3. The van der Waals surface area contributed by atoms with Crippen LogP contribution in [0.4, 0.5) is 0 Å². The summed E-state index contributed by atoms with van der Waals surface area (Å²) in [5.41, 5.74) is 2.48. The zero-order valence-corrected chi connectivity index (χ0v) is 19.1. The van der Waals surface area contributed by atoms with Gasteiger partial charge in [-0.2, -0.15) is 0 Å². The highest BCUT2D eigenvalue weighted by molar-refractivity contribution is 7.10. The van der Waals surface area contributed by atoms with E-state index in [1.807, 2.05) is 31.4 Å². The van der Waals surface area contributed by atoms with Gasteiger partial charge in [-0.1, -0.05) is 19.4 Å². The lowest BCUT2D eigenvalue weighted by Crippen LogP contribution is -2.43. The minimum absolute atomic E-state index is 0.0780. The Morgan fingerprint density at radius 3 is 2.58 bits per heavy atom. The summed E-state index contributed by atoms with van der Waals surface area (Å²) >= 11 is 1.50. The molecule has 1 N–H and O–H groups in total. The van der Waals surface area contributed by atoms with Crippen LogP contribution in [-0.4, -0.2) is 30.9 Å². The number of ketones is 1. The minimum Gasteiger partial charge on any atom is -0.468 e. The van der Waals surface area contributed by atoms with Gasteiger partial charge >= 0.3 is 11.9 Å². The fraction of sp³-hybridized carbons (Fsp3) is 0.542. The zero-order chi connectivity index (χ0) is 22.1. The maximum absolute atomic E-state index is 13.6. The van der Waals surface area contributed by atoms with Gasteiger partial charge in [0.05, 0.1) is 18.6 Å². The van der Waals surface area contributed by atoms with Crippen LogP contribution in [-0.2, 0) is 23.9 Å². The Balaban J connectivity index is 1.73. The summed E-state index contributed by atoms with van der Waals surface area (Å²) in [7, 11) is 1.30. The first-order valence-corrected chi connectivity index (χ1v) is 11.9. The van der Waals surface area contributed by atoms with Crippen molar-refractivity contribution in [2.75, 3.05) is 7.11 Å². The zero-order valence-electron chi connectivity index (χ0n) is 18.2. The molecule has 0 spiro atoms. The quantitative estimate of drug-likeness (QED) is 0.554. The van der Waals surface area contributed by atoms with E-state index in [-0.39, 0.29) is 23.8 Å². The summed E-state index contributed by atoms with van der Waals surface area (Å²) in [4.78, 5) is 40.2. The van der Waals surface area contributed by atoms with E-state index in [2.05, 4.69) is 5.32 Å². The smallest absolute Gasteiger partial charge is 0.337 e. The Labute approximate surface area is 186 Å². The predicted molar refractivity (Wildman–Crippen MR) is 117 cm³/mol. The highest BCUT2D eigenvalue weighted by Crippen LogP contribution is 2.46. The van der Waals surface area contributed by atoms with Crippen LogP contribution < -0.4 is 5.32 Å². The van der Waals surface area contributed by atoms with E-state index in [1.165, 1.54) is 24.9 Å². The largest absolute Gasteiger partial charge is 0.468 e. The third-order valence-electron chi connectivity index (χ3n) is 6.62. The number of ether oxygens (including phenoxy) is 2. The van der Waals surface area contributed by atoms with Crippen LogP contribution in [0.25, 0.3) is 0 Å². The van der Waals surface area contributed by atoms with Gasteiger partial charge in [0.15, 0.2) is 5.78 Å². The SMILES string of the molecule is COC(=O)[C@@H]1C(=O)C2=C(C[C@@H]1C)NC(C)=C(C(=O)OC1CCCCC1)[C@H]2c1cccs1. The number of thiophene rings is 1. The Kier molecular flexibility index (Phi) is 6.32. The number of hydrogen-bond donors (Lipinski definition) is 1. The number of Topliss-reactive ketones (excluding diaryl/α,β-unsaturated/α-hetero) is 1. The maximum atomic E-state index is 13.6. The van der Waals surface area contributed by atoms with E-state index in [0.29, 0.717) is 17.6 Å². The number of rotatable bonds is 4. The summed E-state index contributed by atoms with van der Waals surface area (Å²) in [6.07, 6.45) is 5.53. The molecule has 3 aliphatic rings. The van der Waals surface area contributed by atoms with Gasteiger partial charge in [-0.25, -0.2) is 4.79 Å². The maximum Gasteiger partial charge on any atom is 0.337 e. The van der Waals surface area contributed by atoms with E-state index in [9.17, 15) is 14.4 Å². The molecule has 0 radical (unpaired) electrons. The highest BCUT2D eigenvalue weighted by atomic mass is 32.1. The fourth-order valence-corrected chi connectivity index (χ4v) is 5.93. The van der Waals surface area contributed by atoms with Gasteiger partial charge < -0.3 is 14.8 Å². The molecule has 0 saturated heterocycles. The van der Waals surface area contributed by atoms with Crippen LogP contribution in [0, 0.1) is 11.8 Å². The van der Waals surface area contributed by atoms with Crippen molar-refractivity contribution in [1.29, 1.82) is 0 Å². The van der Waals surface area contributed by atoms with E-state index in [4.69, 9.17) is 9.47 Å². The van der Waals surface area contributed by atoms with Crippen LogP contribution in [0.1, 0.15) is 63.2 Å². The molecule has 1 saturated carbocycles. The average molecular weight is 444 g/mol. The summed E-state index contributed by atoms with van der Waals surface area (Å²) in [6.45, 7) is 3.75.